The summed E-state index contributed by atoms with van der Waals surface area (Å²) < 4.78 is 25.1. The molecule has 11 nitrogen and oxygen atoms in total. The Hall–Kier alpha value is -4.89. The average Bonchev–Trinajstić information content (AvgIpc) is 3.37. The third-order valence-electron chi connectivity index (χ3n) is 6.92. The van der Waals surface area contributed by atoms with E-state index >= 15 is 0 Å². The maximum atomic E-state index is 13.4. The number of aromatic nitrogens is 4. The van der Waals surface area contributed by atoms with Crippen LogP contribution in [0.25, 0.3) is 10.8 Å². The minimum Gasteiger partial charge on any atom is -0.494 e. The lowest BCUT2D eigenvalue weighted by atomic mass is 9.86. The van der Waals surface area contributed by atoms with E-state index in [-0.39, 0.29) is 5.41 Å². The molecule has 0 aliphatic heterocycles. The fourth-order valence-corrected chi connectivity index (χ4v) is 5.85. The number of nitrogens with one attached hydrogen (secondary N) is 3. The van der Waals surface area contributed by atoms with Crippen LogP contribution in [0.2, 0.25) is 0 Å². The van der Waals surface area contributed by atoms with E-state index in [2.05, 4.69) is 51.9 Å². The van der Waals surface area contributed by atoms with Crippen molar-refractivity contribution in [1.29, 1.82) is 0 Å². The van der Waals surface area contributed by atoms with Crippen LogP contribution in [0.3, 0.4) is 0 Å². The van der Waals surface area contributed by atoms with Crippen molar-refractivity contribution in [2.45, 2.75) is 26.2 Å². The number of benzene rings is 3. The Morgan fingerprint density at radius 1 is 0.932 bits per heavy atom. The van der Waals surface area contributed by atoms with E-state index in [1.807, 2.05) is 36.4 Å². The highest BCUT2D eigenvalue weighted by atomic mass is 31.2. The molecule has 0 unspecified atom stereocenters. The van der Waals surface area contributed by atoms with Crippen molar-refractivity contribution in [1.82, 2.24) is 20.0 Å². The van der Waals surface area contributed by atoms with Gasteiger partial charge in [0.25, 0.3) is 0 Å². The molecule has 2 aromatic heterocycles. The Labute approximate surface area is 256 Å². The number of nitrogens with zero attached hydrogens (tertiary/aromatic N) is 4. The molecule has 0 aliphatic rings. The lowest BCUT2D eigenvalue weighted by Crippen LogP contribution is -2.23. The lowest BCUT2D eigenvalue weighted by Gasteiger charge is -2.25. The number of anilines is 4. The second-order valence-electron chi connectivity index (χ2n) is 11.7. The molecule has 228 valence electrons. The minimum atomic E-state index is -2.72. The van der Waals surface area contributed by atoms with Gasteiger partial charge in [-0.2, -0.15) is 9.90 Å². The zero-order valence-corrected chi connectivity index (χ0v) is 26.7. The number of hydrogen-bond donors (Lipinski definition) is 3. The number of urea groups is 1. The largest absolute Gasteiger partial charge is 0.494 e. The van der Waals surface area contributed by atoms with Gasteiger partial charge in [0, 0.05) is 30.1 Å². The maximum absolute atomic E-state index is 13.4. The van der Waals surface area contributed by atoms with Crippen LogP contribution >= 0.6 is 7.14 Å². The van der Waals surface area contributed by atoms with Gasteiger partial charge in [0.05, 0.1) is 30.0 Å². The van der Waals surface area contributed by atoms with Gasteiger partial charge in [0.15, 0.2) is 11.6 Å². The molecule has 0 spiro atoms. The zero-order valence-electron chi connectivity index (χ0n) is 25.8. The molecular formula is C32H36N7O4P. The van der Waals surface area contributed by atoms with Crippen LogP contribution in [0, 0.1) is 0 Å². The molecule has 3 aromatic carbocycles. The number of rotatable bonds is 8. The van der Waals surface area contributed by atoms with Gasteiger partial charge >= 0.3 is 6.03 Å². The highest BCUT2D eigenvalue weighted by Crippen LogP contribution is 2.43. The zero-order chi connectivity index (χ0) is 31.6. The van der Waals surface area contributed by atoms with Crippen LogP contribution in [0.5, 0.6) is 17.2 Å². The van der Waals surface area contributed by atoms with Gasteiger partial charge in [0.1, 0.15) is 24.5 Å². The molecule has 12 heteroatoms. The average molecular weight is 614 g/mol. The fourth-order valence-electron chi connectivity index (χ4n) is 4.70. The number of aryl methyl sites for hydroxylation is 1. The van der Waals surface area contributed by atoms with Crippen molar-refractivity contribution in [3.8, 4) is 17.2 Å². The first kappa shape index (κ1) is 30.6. The number of hydrogen-bond acceptors (Lipinski definition) is 8. The van der Waals surface area contributed by atoms with Crippen molar-refractivity contribution in [2.75, 3.05) is 36.4 Å². The van der Waals surface area contributed by atoms with Crippen LogP contribution in [-0.4, -0.2) is 46.4 Å². The van der Waals surface area contributed by atoms with Crippen molar-refractivity contribution in [3.63, 3.8) is 0 Å². The smallest absolute Gasteiger partial charge is 0.323 e. The van der Waals surface area contributed by atoms with Gasteiger partial charge in [-0.3, -0.25) is 0 Å². The van der Waals surface area contributed by atoms with Gasteiger partial charge in [-0.1, -0.05) is 45.0 Å². The Morgan fingerprint density at radius 2 is 1.66 bits per heavy atom. The van der Waals surface area contributed by atoms with Crippen LogP contribution in [0.4, 0.5) is 27.8 Å². The number of amides is 2. The molecule has 0 bridgehead atoms. The Balaban J connectivity index is 1.41. The van der Waals surface area contributed by atoms with E-state index in [1.54, 1.807) is 57.0 Å². The van der Waals surface area contributed by atoms with Crippen molar-refractivity contribution in [3.05, 3.63) is 78.6 Å². The molecule has 2 amide bonds. The standard InChI is InChI=1S/C32H36N7O4P/c1-32(2,3)20-16-25(30(42-5)27(17-20)44(6,7)41)36-31(40)35-24-12-13-26(23-11-9-8-10-22(23)24)43-21-14-15-33-28(18-21)37-29-19-34-39(4)38-29/h8-19H,1-7H3,(H,33,37,38)(H2,35,36,40). The maximum Gasteiger partial charge on any atom is 0.323 e. The highest BCUT2D eigenvalue weighted by molar-refractivity contribution is 7.70. The summed E-state index contributed by atoms with van der Waals surface area (Å²) in [5, 5.41) is 19.4. The SMILES string of the molecule is COc1c(NC(=O)Nc2ccc(Oc3ccnc(Nc4cnn(C)n4)c3)c3ccccc23)cc(C(C)(C)C)cc1P(C)(C)=O. The van der Waals surface area contributed by atoms with E-state index < -0.39 is 13.2 Å². The van der Waals surface area contributed by atoms with Crippen LogP contribution in [-0.2, 0) is 17.0 Å². The number of pyridine rings is 1. The number of carbonyl (C=O) groups is 1. The molecule has 0 aliphatic carbocycles. The molecular weight excluding hydrogens is 577 g/mol. The van der Waals surface area contributed by atoms with Crippen molar-refractivity contribution >= 4 is 52.3 Å². The van der Waals surface area contributed by atoms with E-state index in [9.17, 15) is 9.36 Å². The summed E-state index contributed by atoms with van der Waals surface area (Å²) in [6, 6.07) is 18.1. The Kier molecular flexibility index (Phi) is 8.34. The monoisotopic (exact) mass is 613 g/mol. The summed E-state index contributed by atoms with van der Waals surface area (Å²) in [4.78, 5) is 19.2. The summed E-state index contributed by atoms with van der Waals surface area (Å²) in [5.74, 6) is 2.68. The van der Waals surface area contributed by atoms with Gasteiger partial charge < -0.3 is 30.0 Å². The predicted molar refractivity (Wildman–Crippen MR) is 176 cm³/mol. The first-order chi connectivity index (χ1) is 20.8. The predicted octanol–water partition coefficient (Wildman–Crippen LogP) is 7.10. The van der Waals surface area contributed by atoms with Gasteiger partial charge in [-0.25, -0.2) is 9.78 Å². The molecule has 0 radical (unpaired) electrons. The molecule has 0 saturated carbocycles. The molecule has 0 fully saturated rings. The summed E-state index contributed by atoms with van der Waals surface area (Å²) >= 11 is 0. The number of carbonyl (C=O) groups excluding carboxylic acids is 1. The summed E-state index contributed by atoms with van der Waals surface area (Å²) in [5.41, 5.74) is 1.74. The summed E-state index contributed by atoms with van der Waals surface area (Å²) in [6.07, 6.45) is 3.24. The third kappa shape index (κ3) is 6.84. The van der Waals surface area contributed by atoms with Crippen molar-refractivity contribution in [2.24, 2.45) is 7.05 Å². The molecule has 44 heavy (non-hydrogen) atoms. The van der Waals surface area contributed by atoms with Crippen LogP contribution in [0.15, 0.2) is 73.1 Å². The Morgan fingerprint density at radius 3 is 2.32 bits per heavy atom. The second kappa shape index (κ2) is 12.0. The number of ether oxygens (including phenoxy) is 2. The van der Waals surface area contributed by atoms with Gasteiger partial charge in [-0.15, -0.1) is 5.10 Å². The minimum absolute atomic E-state index is 0.240. The van der Waals surface area contributed by atoms with Crippen LogP contribution in [0.1, 0.15) is 26.3 Å². The quantitative estimate of drug-likeness (QED) is 0.158. The number of fused-ring (bicyclic) bond motifs is 1. The van der Waals surface area contributed by atoms with E-state index in [4.69, 9.17) is 9.47 Å². The summed E-state index contributed by atoms with van der Waals surface area (Å²) in [6.45, 7) is 9.58. The fraction of sp³-hybridized carbons (Fsp3) is 0.250. The van der Waals surface area contributed by atoms with E-state index in [1.165, 1.54) is 11.9 Å². The van der Waals surface area contributed by atoms with Gasteiger partial charge in [0.2, 0.25) is 0 Å². The molecule has 0 saturated heterocycles. The number of methoxy groups -OCH3 is 1. The Bertz CT molecular complexity index is 1890. The van der Waals surface area contributed by atoms with Crippen LogP contribution < -0.4 is 30.7 Å². The van der Waals surface area contributed by atoms with Crippen molar-refractivity contribution < 1.29 is 18.8 Å². The molecule has 5 rings (SSSR count). The first-order valence-corrected chi connectivity index (χ1v) is 16.6. The molecule has 3 N–H and O–H groups in total. The van der Waals surface area contributed by atoms with Gasteiger partial charge in [-0.05, 0) is 54.6 Å². The molecule has 5 aromatic rings. The van der Waals surface area contributed by atoms with E-state index in [0.29, 0.717) is 45.6 Å². The first-order valence-electron chi connectivity index (χ1n) is 14.0. The summed E-state index contributed by atoms with van der Waals surface area (Å²) in [7, 11) is 0.529. The topological polar surface area (TPSA) is 132 Å². The lowest BCUT2D eigenvalue weighted by molar-refractivity contribution is 0.262. The highest BCUT2D eigenvalue weighted by Gasteiger charge is 2.26. The third-order valence-corrected chi connectivity index (χ3v) is 8.41. The molecule has 2 heterocycles. The normalized spacial score (nSPS) is 11.7. The van der Waals surface area contributed by atoms with E-state index in [0.717, 1.165) is 16.3 Å². The second-order valence-corrected chi connectivity index (χ2v) is 14.9. The molecule has 0 atom stereocenters.